The van der Waals surface area contributed by atoms with Gasteiger partial charge in [-0.3, -0.25) is 0 Å². The van der Waals surface area contributed by atoms with Crippen molar-refractivity contribution >= 4 is 29.3 Å². The van der Waals surface area contributed by atoms with Crippen molar-refractivity contribution in [2.75, 3.05) is 33.2 Å². The van der Waals surface area contributed by atoms with Crippen LogP contribution in [0.15, 0.2) is 54.6 Å². The Kier molecular flexibility index (Phi) is 7.12. The van der Waals surface area contributed by atoms with Gasteiger partial charge in [-0.1, -0.05) is 29.8 Å². The first kappa shape index (κ1) is 24.3. The fourth-order valence-electron chi connectivity index (χ4n) is 4.31. The van der Waals surface area contributed by atoms with E-state index in [1.807, 2.05) is 6.07 Å². The maximum Gasteiger partial charge on any atom is 0.339 e. The molecule has 1 N–H and O–H groups in total. The normalized spacial score (nSPS) is 14.7. The van der Waals surface area contributed by atoms with Crippen LogP contribution in [-0.4, -0.2) is 44.8 Å². The zero-order valence-electron chi connectivity index (χ0n) is 19.4. The number of carbonyl (C=O) groups excluding carboxylic acids is 2. The Morgan fingerprint density at radius 2 is 1.74 bits per heavy atom. The van der Waals surface area contributed by atoms with Crippen molar-refractivity contribution in [2.45, 2.75) is 12.5 Å². The lowest BCUT2D eigenvalue weighted by molar-refractivity contribution is 0.0602. The molecular weight excluding hydrogens is 475 g/mol. The summed E-state index contributed by atoms with van der Waals surface area (Å²) in [4.78, 5) is 27.2. The summed E-state index contributed by atoms with van der Waals surface area (Å²) < 4.78 is 30.9. The molecule has 1 aliphatic heterocycles. The Morgan fingerprint density at radius 1 is 1.03 bits per heavy atom. The van der Waals surface area contributed by atoms with Gasteiger partial charge in [0.1, 0.15) is 5.82 Å². The van der Waals surface area contributed by atoms with Gasteiger partial charge in [0.05, 0.1) is 38.6 Å². The highest BCUT2D eigenvalue weighted by Crippen LogP contribution is 2.43. The lowest BCUT2D eigenvalue weighted by Crippen LogP contribution is -2.43. The van der Waals surface area contributed by atoms with Crippen LogP contribution in [0.5, 0.6) is 11.5 Å². The third kappa shape index (κ3) is 4.61. The van der Waals surface area contributed by atoms with Crippen molar-refractivity contribution in [3.63, 3.8) is 0 Å². The molecule has 182 valence electrons. The maximum atomic E-state index is 15.2. The van der Waals surface area contributed by atoms with Crippen LogP contribution in [-0.2, 0) is 11.2 Å². The molecule has 3 aromatic rings. The van der Waals surface area contributed by atoms with Crippen LogP contribution < -0.4 is 14.8 Å². The second kappa shape index (κ2) is 10.2. The molecule has 0 fully saturated rings. The van der Waals surface area contributed by atoms with Crippen LogP contribution in [0.4, 0.5) is 14.9 Å². The number of para-hydroxylation sites is 1. The number of anilines is 1. The first-order valence-electron chi connectivity index (χ1n) is 10.8. The number of nitrogens with zero attached hydrogens (tertiary/aromatic N) is 1. The van der Waals surface area contributed by atoms with Crippen molar-refractivity contribution in [3.05, 3.63) is 87.7 Å². The van der Waals surface area contributed by atoms with Gasteiger partial charge in [0.25, 0.3) is 0 Å². The molecule has 2 amide bonds. The van der Waals surface area contributed by atoms with E-state index in [4.69, 9.17) is 25.8 Å². The molecule has 0 saturated carbocycles. The van der Waals surface area contributed by atoms with Crippen LogP contribution in [0.2, 0.25) is 5.02 Å². The Morgan fingerprint density at radius 3 is 2.43 bits per heavy atom. The minimum atomic E-state index is -0.849. The minimum absolute atomic E-state index is 0.165. The van der Waals surface area contributed by atoms with Crippen LogP contribution in [0.3, 0.4) is 0 Å². The van der Waals surface area contributed by atoms with Crippen molar-refractivity contribution in [1.29, 1.82) is 0 Å². The largest absolute Gasteiger partial charge is 0.493 e. The van der Waals surface area contributed by atoms with E-state index < -0.39 is 23.9 Å². The smallest absolute Gasteiger partial charge is 0.339 e. The van der Waals surface area contributed by atoms with Gasteiger partial charge in [0.2, 0.25) is 0 Å². The summed E-state index contributed by atoms with van der Waals surface area (Å²) >= 11 is 6.46. The van der Waals surface area contributed by atoms with Gasteiger partial charge in [-0.25, -0.2) is 14.0 Å². The van der Waals surface area contributed by atoms with E-state index >= 15 is 4.39 Å². The van der Waals surface area contributed by atoms with Crippen LogP contribution in [0.1, 0.15) is 33.1 Å². The maximum absolute atomic E-state index is 15.2. The summed E-state index contributed by atoms with van der Waals surface area (Å²) in [5.74, 6) is -0.148. The Labute approximate surface area is 207 Å². The van der Waals surface area contributed by atoms with E-state index in [1.54, 1.807) is 36.4 Å². The van der Waals surface area contributed by atoms with E-state index in [1.165, 1.54) is 38.4 Å². The number of hydrogen-bond acceptors (Lipinski definition) is 5. The number of rotatable bonds is 5. The number of benzene rings is 3. The Hall–Kier alpha value is -3.78. The molecule has 0 radical (unpaired) electrons. The van der Waals surface area contributed by atoms with E-state index in [0.29, 0.717) is 23.5 Å². The fourth-order valence-corrected chi connectivity index (χ4v) is 4.58. The summed E-state index contributed by atoms with van der Waals surface area (Å²) in [6.45, 7) is 0.268. The van der Waals surface area contributed by atoms with Gasteiger partial charge in [0.15, 0.2) is 11.5 Å². The lowest BCUT2D eigenvalue weighted by Gasteiger charge is -2.38. The summed E-state index contributed by atoms with van der Waals surface area (Å²) in [5.41, 5.74) is 2.19. The Balaban J connectivity index is 1.82. The number of ether oxygens (including phenoxy) is 3. The highest BCUT2D eigenvalue weighted by molar-refractivity contribution is 6.31. The predicted octanol–water partition coefficient (Wildman–Crippen LogP) is 5.46. The molecule has 0 bridgehead atoms. The molecule has 1 heterocycles. The summed E-state index contributed by atoms with van der Waals surface area (Å²) in [5, 5.41) is 2.97. The van der Waals surface area contributed by atoms with E-state index in [9.17, 15) is 9.59 Å². The third-order valence-corrected chi connectivity index (χ3v) is 6.31. The zero-order chi connectivity index (χ0) is 25.1. The first-order chi connectivity index (χ1) is 16.9. The number of esters is 1. The summed E-state index contributed by atoms with van der Waals surface area (Å²) in [6.07, 6.45) is 0.490. The van der Waals surface area contributed by atoms with Gasteiger partial charge in [0, 0.05) is 17.1 Å². The van der Waals surface area contributed by atoms with E-state index in [-0.39, 0.29) is 28.4 Å². The second-order valence-electron chi connectivity index (χ2n) is 7.85. The molecule has 1 aliphatic rings. The number of urea groups is 1. The average Bonchev–Trinajstić information content (AvgIpc) is 2.87. The molecule has 4 rings (SSSR count). The monoisotopic (exact) mass is 498 g/mol. The predicted molar refractivity (Wildman–Crippen MR) is 130 cm³/mol. The molecular formula is C26H24ClFN2O5. The van der Waals surface area contributed by atoms with Gasteiger partial charge >= 0.3 is 12.0 Å². The first-order valence-corrected chi connectivity index (χ1v) is 11.2. The van der Waals surface area contributed by atoms with Crippen molar-refractivity contribution in [1.82, 2.24) is 4.90 Å². The number of halogens is 2. The highest BCUT2D eigenvalue weighted by atomic mass is 35.5. The van der Waals surface area contributed by atoms with Crippen molar-refractivity contribution in [3.8, 4) is 11.5 Å². The number of carbonyl (C=O) groups is 2. The number of methoxy groups -OCH3 is 3. The van der Waals surface area contributed by atoms with Gasteiger partial charge in [-0.05, 0) is 53.9 Å². The third-order valence-electron chi connectivity index (χ3n) is 5.98. The molecule has 0 unspecified atom stereocenters. The molecule has 0 aromatic heterocycles. The molecule has 3 aromatic carbocycles. The van der Waals surface area contributed by atoms with Crippen LogP contribution in [0, 0.1) is 5.82 Å². The quantitative estimate of drug-likeness (QED) is 0.472. The topological polar surface area (TPSA) is 77.1 Å². The van der Waals surface area contributed by atoms with E-state index in [0.717, 1.165) is 5.56 Å². The Bertz CT molecular complexity index is 1260. The van der Waals surface area contributed by atoms with Crippen molar-refractivity contribution in [2.24, 2.45) is 0 Å². The number of fused-ring (bicyclic) bond motifs is 1. The van der Waals surface area contributed by atoms with Gasteiger partial charge in [-0.15, -0.1) is 0 Å². The molecule has 1 atom stereocenters. The van der Waals surface area contributed by atoms with Gasteiger partial charge < -0.3 is 24.4 Å². The lowest BCUT2D eigenvalue weighted by atomic mass is 9.87. The molecule has 35 heavy (non-hydrogen) atoms. The SMILES string of the molecule is COC(=O)c1ccccc1NC(=O)N1CCc2cc(OC)c(OC)cc2[C@@H]1c1c(F)cccc1Cl. The molecule has 0 spiro atoms. The van der Waals surface area contributed by atoms with Gasteiger partial charge in [-0.2, -0.15) is 0 Å². The number of nitrogens with one attached hydrogen (secondary N) is 1. The highest BCUT2D eigenvalue weighted by Gasteiger charge is 2.36. The van der Waals surface area contributed by atoms with E-state index in [2.05, 4.69) is 5.32 Å². The number of amides is 2. The van der Waals surface area contributed by atoms with Crippen LogP contribution in [0.25, 0.3) is 0 Å². The van der Waals surface area contributed by atoms with Crippen molar-refractivity contribution < 1.29 is 28.2 Å². The summed E-state index contributed by atoms with van der Waals surface area (Å²) in [7, 11) is 4.31. The second-order valence-corrected chi connectivity index (χ2v) is 8.26. The number of hydrogen-bond donors (Lipinski definition) is 1. The molecule has 0 aliphatic carbocycles. The standard InChI is InChI=1S/C26H24ClFN2O5/c1-33-21-13-15-11-12-30(26(32)29-20-10-5-4-7-16(20)25(31)35-3)24(17(15)14-22(21)34-2)23-18(27)8-6-9-19(23)28/h4-10,13-14,24H,11-12H2,1-3H3,(H,29,32)/t24-/m1/s1. The molecule has 0 saturated heterocycles. The molecule has 7 nitrogen and oxygen atoms in total. The van der Waals surface area contributed by atoms with Crippen LogP contribution >= 0.6 is 11.6 Å². The summed E-state index contributed by atoms with van der Waals surface area (Å²) in [6, 6.07) is 13.1. The molecule has 9 heteroatoms. The fraction of sp³-hybridized carbons (Fsp3) is 0.231. The minimum Gasteiger partial charge on any atom is -0.493 e. The average molecular weight is 499 g/mol. The zero-order valence-corrected chi connectivity index (χ0v) is 20.2.